The minimum absolute atomic E-state index is 0.0968. The van der Waals surface area contributed by atoms with Gasteiger partial charge in [0, 0.05) is 42.6 Å². The fraction of sp³-hybridized carbons (Fsp3) is 0.407. The van der Waals surface area contributed by atoms with Crippen molar-refractivity contribution < 1.29 is 27.6 Å². The van der Waals surface area contributed by atoms with Gasteiger partial charge in [-0.25, -0.2) is 0 Å². The van der Waals surface area contributed by atoms with Gasteiger partial charge in [-0.1, -0.05) is 25.5 Å². The minimum atomic E-state index is -5.08. The molecule has 1 amide bonds. The highest BCUT2D eigenvalue weighted by atomic mass is 19.4. The zero-order valence-corrected chi connectivity index (χ0v) is 20.8. The third-order valence-electron chi connectivity index (χ3n) is 7.26. The molecule has 1 atom stereocenters. The first-order chi connectivity index (χ1) is 17.3. The summed E-state index contributed by atoms with van der Waals surface area (Å²) in [6.45, 7) is 4.89. The van der Waals surface area contributed by atoms with Crippen LogP contribution in [0.15, 0.2) is 70.9 Å². The van der Waals surface area contributed by atoms with E-state index in [0.29, 0.717) is 11.4 Å². The van der Waals surface area contributed by atoms with Gasteiger partial charge >= 0.3 is 6.18 Å². The quantitative estimate of drug-likeness (QED) is 0.654. The molecule has 1 N–H and O–H groups in total. The summed E-state index contributed by atoms with van der Waals surface area (Å²) in [7, 11) is 0. The first kappa shape index (κ1) is 25.0. The topological polar surface area (TPSA) is 82.6 Å². The fourth-order valence-corrected chi connectivity index (χ4v) is 5.74. The molecular weight excluding hydrogens is 485 g/mol. The SMILES string of the molecule is CC1=CC(N2CC(C3(C(F)(F)F)C(=O)N(Cc4ccccn4)C4=C3C(=O)CC(C)(C)C4)=CN2)=CC(=O)C1. The molecule has 10 heteroatoms. The molecule has 3 heterocycles. The Balaban J connectivity index is 1.62. The van der Waals surface area contributed by atoms with E-state index in [-0.39, 0.29) is 49.4 Å². The van der Waals surface area contributed by atoms with Crippen LogP contribution in [-0.4, -0.2) is 45.1 Å². The summed E-state index contributed by atoms with van der Waals surface area (Å²) in [6, 6.07) is 5.01. The number of rotatable bonds is 4. The molecule has 2 aliphatic carbocycles. The average molecular weight is 513 g/mol. The lowest BCUT2D eigenvalue weighted by Crippen LogP contribution is -2.51. The van der Waals surface area contributed by atoms with Crippen LogP contribution in [0.2, 0.25) is 0 Å². The van der Waals surface area contributed by atoms with Crippen molar-refractivity contribution in [3.63, 3.8) is 0 Å². The summed E-state index contributed by atoms with van der Waals surface area (Å²) in [5.74, 6) is -2.04. The number of nitrogens with one attached hydrogen (secondary N) is 1. The van der Waals surface area contributed by atoms with Crippen molar-refractivity contribution in [1.29, 1.82) is 0 Å². The van der Waals surface area contributed by atoms with Crippen molar-refractivity contribution in [2.75, 3.05) is 6.54 Å². The Labute approximate surface area is 212 Å². The summed E-state index contributed by atoms with van der Waals surface area (Å²) in [5, 5.41) is 1.40. The van der Waals surface area contributed by atoms with Crippen molar-refractivity contribution in [2.24, 2.45) is 10.8 Å². The fourth-order valence-electron chi connectivity index (χ4n) is 5.74. The van der Waals surface area contributed by atoms with Gasteiger partial charge in [0.2, 0.25) is 0 Å². The normalized spacial score (nSPS) is 25.7. The lowest BCUT2D eigenvalue weighted by Gasteiger charge is -2.36. The van der Waals surface area contributed by atoms with Crippen LogP contribution in [0, 0.1) is 10.8 Å². The summed E-state index contributed by atoms with van der Waals surface area (Å²) < 4.78 is 45.7. The summed E-state index contributed by atoms with van der Waals surface area (Å²) in [5.41, 5.74) is -0.00109. The smallest absolute Gasteiger partial charge is 0.308 e. The van der Waals surface area contributed by atoms with Crippen LogP contribution >= 0.6 is 0 Å². The molecule has 0 radical (unpaired) electrons. The number of ketones is 2. The number of alkyl halides is 3. The summed E-state index contributed by atoms with van der Waals surface area (Å²) >= 11 is 0. The molecule has 0 spiro atoms. The number of hydrazine groups is 1. The van der Waals surface area contributed by atoms with Gasteiger partial charge in [0.25, 0.3) is 5.91 Å². The van der Waals surface area contributed by atoms with E-state index in [4.69, 9.17) is 0 Å². The number of hydrogen-bond acceptors (Lipinski definition) is 6. The molecule has 1 aromatic rings. The second-order valence-corrected chi connectivity index (χ2v) is 10.8. The maximum Gasteiger partial charge on any atom is 0.411 e. The van der Waals surface area contributed by atoms with E-state index in [2.05, 4.69) is 10.4 Å². The van der Waals surface area contributed by atoms with Gasteiger partial charge in [0.1, 0.15) is 0 Å². The Morgan fingerprint density at radius 1 is 1.11 bits per heavy atom. The maximum absolute atomic E-state index is 15.2. The largest absolute Gasteiger partial charge is 0.411 e. The van der Waals surface area contributed by atoms with E-state index < -0.39 is 34.3 Å². The number of carbonyl (C=O) groups is 3. The Kier molecular flexibility index (Phi) is 5.69. The lowest BCUT2D eigenvalue weighted by atomic mass is 9.66. The van der Waals surface area contributed by atoms with Crippen LogP contribution in [0.25, 0.3) is 0 Å². The second-order valence-electron chi connectivity index (χ2n) is 10.8. The van der Waals surface area contributed by atoms with E-state index >= 15 is 13.2 Å². The van der Waals surface area contributed by atoms with Gasteiger partial charge in [-0.05, 0) is 42.5 Å². The first-order valence-corrected chi connectivity index (χ1v) is 12.0. The minimum Gasteiger partial charge on any atom is -0.308 e. The number of hydrogen-bond donors (Lipinski definition) is 1. The van der Waals surface area contributed by atoms with Crippen molar-refractivity contribution in [3.05, 3.63) is 76.6 Å². The number of halogens is 3. The van der Waals surface area contributed by atoms with Gasteiger partial charge in [0.15, 0.2) is 17.0 Å². The number of nitrogens with zero attached hydrogens (tertiary/aromatic N) is 3. The molecule has 1 aromatic heterocycles. The van der Waals surface area contributed by atoms with Crippen LogP contribution in [0.4, 0.5) is 13.2 Å². The highest BCUT2D eigenvalue weighted by Gasteiger charge is 2.72. The molecule has 37 heavy (non-hydrogen) atoms. The van der Waals surface area contributed by atoms with Crippen molar-refractivity contribution >= 4 is 17.5 Å². The second kappa shape index (κ2) is 8.43. The zero-order chi connectivity index (χ0) is 26.8. The van der Waals surface area contributed by atoms with Gasteiger partial charge < -0.3 is 10.3 Å². The third-order valence-corrected chi connectivity index (χ3v) is 7.26. The molecule has 0 saturated heterocycles. The zero-order valence-electron chi connectivity index (χ0n) is 20.8. The molecular formula is C27H27F3N4O3. The summed E-state index contributed by atoms with van der Waals surface area (Å²) in [4.78, 5) is 44.8. The standard InChI is InChI=1S/C27H27F3N4O3/c1-16-8-19(10-20(35)9-16)34-14-17(13-32-34)26(27(28,29)30)23-21(11-25(2,3)12-22(23)36)33(24(26)37)15-18-6-4-5-7-31-18/h4-8,10,13,32H,9,11-12,14-15H2,1-3H3. The lowest BCUT2D eigenvalue weighted by molar-refractivity contribution is -0.202. The van der Waals surface area contributed by atoms with E-state index in [1.54, 1.807) is 31.2 Å². The Morgan fingerprint density at radius 2 is 1.86 bits per heavy atom. The molecule has 0 fully saturated rings. The van der Waals surface area contributed by atoms with E-state index in [1.165, 1.54) is 17.3 Å². The predicted octanol–water partition coefficient (Wildman–Crippen LogP) is 4.12. The average Bonchev–Trinajstić information content (AvgIpc) is 3.36. The van der Waals surface area contributed by atoms with E-state index in [1.807, 2.05) is 13.8 Å². The van der Waals surface area contributed by atoms with Crippen LogP contribution in [-0.2, 0) is 20.9 Å². The molecule has 7 nitrogen and oxygen atoms in total. The molecule has 194 valence electrons. The molecule has 1 unspecified atom stereocenters. The Bertz CT molecular complexity index is 1320. The first-order valence-electron chi connectivity index (χ1n) is 12.0. The Morgan fingerprint density at radius 3 is 2.51 bits per heavy atom. The molecule has 0 aromatic carbocycles. The van der Waals surface area contributed by atoms with Gasteiger partial charge in [-0.3, -0.25) is 24.4 Å². The third kappa shape index (κ3) is 3.98. The van der Waals surface area contributed by atoms with Crippen LogP contribution < -0.4 is 5.43 Å². The number of pyridine rings is 1. The number of carbonyl (C=O) groups excluding carboxylic acids is 3. The van der Waals surface area contributed by atoms with Gasteiger partial charge in [0.05, 0.1) is 24.5 Å². The predicted molar refractivity (Wildman–Crippen MR) is 128 cm³/mol. The van der Waals surface area contributed by atoms with E-state index in [9.17, 15) is 14.4 Å². The van der Waals surface area contributed by atoms with Crippen molar-refractivity contribution in [2.45, 2.75) is 52.8 Å². The van der Waals surface area contributed by atoms with Crippen LogP contribution in [0.5, 0.6) is 0 Å². The molecule has 4 aliphatic rings. The number of allylic oxidation sites excluding steroid dienone is 4. The van der Waals surface area contributed by atoms with Gasteiger partial charge in [-0.15, -0.1) is 0 Å². The molecule has 5 rings (SSSR count). The Hall–Kier alpha value is -3.69. The van der Waals surface area contributed by atoms with Crippen LogP contribution in [0.3, 0.4) is 0 Å². The van der Waals surface area contributed by atoms with Crippen molar-refractivity contribution in [1.82, 2.24) is 20.3 Å². The van der Waals surface area contributed by atoms with E-state index in [0.717, 1.165) is 16.7 Å². The molecule has 2 aliphatic heterocycles. The monoisotopic (exact) mass is 512 g/mol. The van der Waals surface area contributed by atoms with Crippen molar-refractivity contribution in [3.8, 4) is 0 Å². The highest BCUT2D eigenvalue weighted by Crippen LogP contribution is 2.60. The summed E-state index contributed by atoms with van der Waals surface area (Å²) in [6.07, 6.45) is 0.952. The van der Waals surface area contributed by atoms with Crippen LogP contribution in [0.1, 0.15) is 45.7 Å². The maximum atomic E-state index is 15.2. The number of amides is 1. The molecule has 0 saturated carbocycles. The number of Topliss-reactive ketones (excluding diaryl/α,β-unsaturated/α-hetero) is 1. The molecule has 0 bridgehead atoms. The highest BCUT2D eigenvalue weighted by molar-refractivity contribution is 6.11. The van der Waals surface area contributed by atoms with Gasteiger partial charge in [-0.2, -0.15) is 13.2 Å². The number of aromatic nitrogens is 1.